The molecule has 0 saturated heterocycles. The molecule has 0 unspecified atom stereocenters. The molecule has 0 aliphatic heterocycles. The van der Waals surface area contributed by atoms with E-state index < -0.39 is 0 Å². The van der Waals surface area contributed by atoms with Gasteiger partial charge in [0.05, 0.1) is 7.11 Å². The lowest BCUT2D eigenvalue weighted by Crippen LogP contribution is -2.23. The standard InChI is InChI=1S/C14H24N2OS/c1-16(2)11-6-9-15-10-12-18-14-8-5-4-7-13(14)17-3/h4-5,7-8,15H,6,9-12H2,1-3H3. The van der Waals surface area contributed by atoms with Crippen molar-refractivity contribution in [1.29, 1.82) is 0 Å². The molecular weight excluding hydrogens is 244 g/mol. The van der Waals surface area contributed by atoms with Crippen molar-refractivity contribution < 1.29 is 4.74 Å². The van der Waals surface area contributed by atoms with Crippen LogP contribution in [0.15, 0.2) is 29.2 Å². The topological polar surface area (TPSA) is 24.5 Å². The van der Waals surface area contributed by atoms with E-state index in [1.807, 2.05) is 23.9 Å². The van der Waals surface area contributed by atoms with E-state index in [-0.39, 0.29) is 0 Å². The molecule has 0 atom stereocenters. The number of ether oxygens (including phenoxy) is 1. The highest BCUT2D eigenvalue weighted by molar-refractivity contribution is 7.99. The zero-order valence-corrected chi connectivity index (χ0v) is 12.4. The number of methoxy groups -OCH3 is 1. The van der Waals surface area contributed by atoms with E-state index in [2.05, 4.69) is 36.4 Å². The van der Waals surface area contributed by atoms with Gasteiger partial charge < -0.3 is 15.0 Å². The number of hydrogen-bond acceptors (Lipinski definition) is 4. The summed E-state index contributed by atoms with van der Waals surface area (Å²) in [6.07, 6.45) is 1.20. The third kappa shape index (κ3) is 6.28. The molecule has 1 N–H and O–H groups in total. The molecule has 4 heteroatoms. The summed E-state index contributed by atoms with van der Waals surface area (Å²) in [5, 5.41) is 3.46. The number of nitrogens with one attached hydrogen (secondary N) is 1. The van der Waals surface area contributed by atoms with Gasteiger partial charge in [0.1, 0.15) is 5.75 Å². The molecule has 1 rings (SSSR count). The molecule has 1 aromatic rings. The Morgan fingerprint density at radius 2 is 2.00 bits per heavy atom. The first-order chi connectivity index (χ1) is 8.74. The van der Waals surface area contributed by atoms with Gasteiger partial charge >= 0.3 is 0 Å². The Bertz CT molecular complexity index is 331. The molecule has 102 valence electrons. The van der Waals surface area contributed by atoms with Crippen LogP contribution in [-0.2, 0) is 0 Å². The predicted octanol–water partition coefficient (Wildman–Crippen LogP) is 2.33. The van der Waals surface area contributed by atoms with Gasteiger partial charge in [0.2, 0.25) is 0 Å². The second-order valence-electron chi connectivity index (χ2n) is 4.41. The van der Waals surface area contributed by atoms with Crippen LogP contribution >= 0.6 is 11.8 Å². The van der Waals surface area contributed by atoms with Crippen LogP contribution in [0, 0.1) is 0 Å². The molecule has 0 spiro atoms. The lowest BCUT2D eigenvalue weighted by molar-refractivity contribution is 0.395. The number of para-hydroxylation sites is 1. The summed E-state index contributed by atoms with van der Waals surface area (Å²) in [6.45, 7) is 3.27. The molecule has 18 heavy (non-hydrogen) atoms. The molecule has 1 aromatic carbocycles. The molecule has 0 fully saturated rings. The first kappa shape index (κ1) is 15.3. The van der Waals surface area contributed by atoms with Gasteiger partial charge in [0.15, 0.2) is 0 Å². The number of rotatable bonds is 9. The van der Waals surface area contributed by atoms with Crippen molar-refractivity contribution in [2.24, 2.45) is 0 Å². The summed E-state index contributed by atoms with van der Waals surface area (Å²) < 4.78 is 5.32. The van der Waals surface area contributed by atoms with Crippen LogP contribution in [0.4, 0.5) is 0 Å². The third-order valence-electron chi connectivity index (χ3n) is 2.56. The second-order valence-corrected chi connectivity index (χ2v) is 5.54. The van der Waals surface area contributed by atoms with Crippen molar-refractivity contribution in [2.45, 2.75) is 11.3 Å². The van der Waals surface area contributed by atoms with Gasteiger partial charge in [-0.1, -0.05) is 12.1 Å². The monoisotopic (exact) mass is 268 g/mol. The molecule has 0 amide bonds. The Morgan fingerprint density at radius 1 is 1.22 bits per heavy atom. The van der Waals surface area contributed by atoms with Crippen molar-refractivity contribution >= 4 is 11.8 Å². The summed E-state index contributed by atoms with van der Waals surface area (Å²) in [5.41, 5.74) is 0. The fourth-order valence-electron chi connectivity index (χ4n) is 1.62. The van der Waals surface area contributed by atoms with Gasteiger partial charge in [0, 0.05) is 17.2 Å². The molecule has 0 aliphatic carbocycles. The zero-order valence-electron chi connectivity index (χ0n) is 11.6. The fourth-order valence-corrected chi connectivity index (χ4v) is 2.55. The van der Waals surface area contributed by atoms with Crippen molar-refractivity contribution in [3.05, 3.63) is 24.3 Å². The molecular formula is C14H24N2OS. The van der Waals surface area contributed by atoms with E-state index in [1.165, 1.54) is 11.3 Å². The first-order valence-corrected chi connectivity index (χ1v) is 7.34. The summed E-state index contributed by atoms with van der Waals surface area (Å²) in [6, 6.07) is 8.17. The van der Waals surface area contributed by atoms with Gasteiger partial charge in [-0.2, -0.15) is 0 Å². The number of nitrogens with zero attached hydrogens (tertiary/aromatic N) is 1. The predicted molar refractivity (Wildman–Crippen MR) is 79.8 cm³/mol. The van der Waals surface area contributed by atoms with E-state index in [0.29, 0.717) is 0 Å². The third-order valence-corrected chi connectivity index (χ3v) is 3.62. The SMILES string of the molecule is COc1ccccc1SCCNCCCN(C)C. The Balaban J connectivity index is 2.10. The molecule has 0 saturated carbocycles. The Kier molecular flexibility index (Phi) is 7.89. The average Bonchev–Trinajstić information content (AvgIpc) is 2.37. The van der Waals surface area contributed by atoms with Gasteiger partial charge in [-0.3, -0.25) is 0 Å². The lowest BCUT2D eigenvalue weighted by Gasteiger charge is -2.10. The summed E-state index contributed by atoms with van der Waals surface area (Å²) >= 11 is 1.84. The number of hydrogen-bond donors (Lipinski definition) is 1. The van der Waals surface area contributed by atoms with E-state index in [9.17, 15) is 0 Å². The molecule has 3 nitrogen and oxygen atoms in total. The highest BCUT2D eigenvalue weighted by Crippen LogP contribution is 2.27. The minimum atomic E-state index is 0.968. The maximum Gasteiger partial charge on any atom is 0.132 e. The molecule has 0 heterocycles. The summed E-state index contributed by atoms with van der Waals surface area (Å²) in [7, 11) is 5.94. The largest absolute Gasteiger partial charge is 0.496 e. The Morgan fingerprint density at radius 3 is 2.72 bits per heavy atom. The first-order valence-electron chi connectivity index (χ1n) is 6.35. The van der Waals surface area contributed by atoms with E-state index in [4.69, 9.17) is 4.74 Å². The van der Waals surface area contributed by atoms with Crippen LogP contribution in [0.1, 0.15) is 6.42 Å². The van der Waals surface area contributed by atoms with Gasteiger partial charge in [-0.15, -0.1) is 11.8 Å². The lowest BCUT2D eigenvalue weighted by atomic mass is 10.3. The van der Waals surface area contributed by atoms with Gasteiger partial charge in [0.25, 0.3) is 0 Å². The van der Waals surface area contributed by atoms with Crippen molar-refractivity contribution in [2.75, 3.05) is 46.6 Å². The van der Waals surface area contributed by atoms with E-state index in [1.54, 1.807) is 7.11 Å². The van der Waals surface area contributed by atoms with Crippen LogP contribution in [0.25, 0.3) is 0 Å². The van der Waals surface area contributed by atoms with Gasteiger partial charge in [-0.25, -0.2) is 0 Å². The minimum Gasteiger partial charge on any atom is -0.496 e. The highest BCUT2D eigenvalue weighted by atomic mass is 32.2. The van der Waals surface area contributed by atoms with E-state index in [0.717, 1.165) is 31.1 Å². The van der Waals surface area contributed by atoms with Crippen LogP contribution in [0.2, 0.25) is 0 Å². The second kappa shape index (κ2) is 9.25. The van der Waals surface area contributed by atoms with Crippen LogP contribution < -0.4 is 10.1 Å². The number of benzene rings is 1. The van der Waals surface area contributed by atoms with Crippen molar-refractivity contribution in [1.82, 2.24) is 10.2 Å². The quantitative estimate of drug-likeness (QED) is 0.549. The van der Waals surface area contributed by atoms with Crippen LogP contribution in [-0.4, -0.2) is 51.5 Å². The Labute approximate surface area is 115 Å². The van der Waals surface area contributed by atoms with Gasteiger partial charge in [-0.05, 0) is 45.7 Å². The normalized spacial score (nSPS) is 10.9. The Hall–Kier alpha value is -0.710. The summed E-state index contributed by atoms with van der Waals surface area (Å²) in [4.78, 5) is 3.43. The summed E-state index contributed by atoms with van der Waals surface area (Å²) in [5.74, 6) is 2.04. The molecule has 0 radical (unpaired) electrons. The minimum absolute atomic E-state index is 0.968. The maximum atomic E-state index is 5.32. The molecule has 0 bridgehead atoms. The molecule has 0 aromatic heterocycles. The molecule has 0 aliphatic rings. The highest BCUT2D eigenvalue weighted by Gasteiger charge is 2.01. The van der Waals surface area contributed by atoms with E-state index >= 15 is 0 Å². The average molecular weight is 268 g/mol. The fraction of sp³-hybridized carbons (Fsp3) is 0.571. The van der Waals surface area contributed by atoms with Crippen molar-refractivity contribution in [3.8, 4) is 5.75 Å². The van der Waals surface area contributed by atoms with Crippen molar-refractivity contribution in [3.63, 3.8) is 0 Å². The van der Waals surface area contributed by atoms with Crippen LogP contribution in [0.3, 0.4) is 0 Å². The van der Waals surface area contributed by atoms with Crippen LogP contribution in [0.5, 0.6) is 5.75 Å². The maximum absolute atomic E-state index is 5.32. The zero-order chi connectivity index (χ0) is 13.2. The number of thioether (sulfide) groups is 1. The smallest absolute Gasteiger partial charge is 0.132 e.